The Balaban J connectivity index is 3.21. The smallest absolute Gasteiger partial charge is 0.192 e. The first-order valence-corrected chi connectivity index (χ1v) is 3.62. The fourth-order valence-electron chi connectivity index (χ4n) is 0.843. The van der Waals surface area contributed by atoms with E-state index in [1.165, 1.54) is 12.1 Å². The second kappa shape index (κ2) is 3.65. The molecule has 12 heavy (non-hydrogen) atoms. The molecule has 1 aromatic rings. The molecule has 0 saturated carbocycles. The number of hydrogen-bond donors (Lipinski definition) is 1. The zero-order valence-corrected chi connectivity index (χ0v) is 6.81. The summed E-state index contributed by atoms with van der Waals surface area (Å²) in [5, 5.41) is 8.48. The number of ketones is 1. The molecule has 0 radical (unpaired) electrons. The summed E-state index contributed by atoms with van der Waals surface area (Å²) in [4.78, 5) is 10.9. The Morgan fingerprint density at radius 1 is 1.58 bits per heavy atom. The van der Waals surface area contributed by atoms with Crippen molar-refractivity contribution in [3.63, 3.8) is 0 Å². The van der Waals surface area contributed by atoms with Crippen LogP contribution in [0.25, 0.3) is 0 Å². The van der Waals surface area contributed by atoms with Crippen molar-refractivity contribution in [1.29, 1.82) is 0 Å². The van der Waals surface area contributed by atoms with E-state index in [1.807, 2.05) is 0 Å². The predicted octanol–water partition coefficient (Wildman–Crippen LogP) is 1.65. The quantitative estimate of drug-likeness (QED) is 0.717. The summed E-state index contributed by atoms with van der Waals surface area (Å²) in [5.74, 6) is -1.42. The van der Waals surface area contributed by atoms with Crippen molar-refractivity contribution in [3.8, 4) is 0 Å². The van der Waals surface area contributed by atoms with Crippen LogP contribution >= 0.6 is 11.6 Å². The van der Waals surface area contributed by atoms with Crippen LogP contribution in [0.15, 0.2) is 18.2 Å². The van der Waals surface area contributed by atoms with Crippen molar-refractivity contribution in [1.82, 2.24) is 0 Å². The van der Waals surface area contributed by atoms with Gasteiger partial charge >= 0.3 is 0 Å². The number of Topliss-reactive ketones (excluding diaryl/α,β-unsaturated/α-hetero) is 1. The number of carbonyl (C=O) groups excluding carboxylic acids is 1. The minimum atomic E-state index is -0.735. The van der Waals surface area contributed by atoms with Gasteiger partial charge in [0.2, 0.25) is 0 Å². The second-order valence-electron chi connectivity index (χ2n) is 2.18. The highest BCUT2D eigenvalue weighted by Gasteiger charge is 2.13. The van der Waals surface area contributed by atoms with Gasteiger partial charge in [-0.05, 0) is 12.1 Å². The predicted molar refractivity (Wildman–Crippen MR) is 42.8 cm³/mol. The summed E-state index contributed by atoms with van der Waals surface area (Å²) in [7, 11) is 0. The average molecular weight is 189 g/mol. The van der Waals surface area contributed by atoms with Gasteiger partial charge < -0.3 is 5.11 Å². The summed E-state index contributed by atoms with van der Waals surface area (Å²) in [6.45, 7) is -0.735. The maximum Gasteiger partial charge on any atom is 0.192 e. The third-order valence-corrected chi connectivity index (χ3v) is 1.70. The molecule has 0 aromatic heterocycles. The van der Waals surface area contributed by atoms with Gasteiger partial charge in [0, 0.05) is 0 Å². The average Bonchev–Trinajstić information content (AvgIpc) is 2.03. The zero-order valence-electron chi connectivity index (χ0n) is 6.05. The largest absolute Gasteiger partial charge is 0.388 e. The molecular formula is C8H6ClFO2. The molecule has 0 unspecified atom stereocenters. The van der Waals surface area contributed by atoms with Crippen LogP contribution in [0.5, 0.6) is 0 Å². The normalized spacial score (nSPS) is 9.92. The molecule has 0 amide bonds. The van der Waals surface area contributed by atoms with Gasteiger partial charge in [0.05, 0.1) is 10.6 Å². The SMILES string of the molecule is O=C(CO)c1c(F)cccc1Cl. The highest BCUT2D eigenvalue weighted by atomic mass is 35.5. The zero-order chi connectivity index (χ0) is 9.14. The van der Waals surface area contributed by atoms with E-state index in [-0.39, 0.29) is 10.6 Å². The summed E-state index contributed by atoms with van der Waals surface area (Å²) < 4.78 is 12.9. The Labute approximate surface area is 73.6 Å². The van der Waals surface area contributed by atoms with Gasteiger partial charge in [0.25, 0.3) is 0 Å². The molecule has 0 aliphatic carbocycles. The van der Waals surface area contributed by atoms with E-state index in [9.17, 15) is 9.18 Å². The molecule has 1 rings (SSSR count). The van der Waals surface area contributed by atoms with Crippen molar-refractivity contribution in [2.75, 3.05) is 6.61 Å². The van der Waals surface area contributed by atoms with Crippen molar-refractivity contribution < 1.29 is 14.3 Å². The number of aliphatic hydroxyl groups is 1. The molecule has 0 aliphatic heterocycles. The summed E-state index contributed by atoms with van der Waals surface area (Å²) >= 11 is 5.53. The Bertz CT molecular complexity index is 292. The number of hydrogen-bond acceptors (Lipinski definition) is 2. The molecule has 1 aromatic carbocycles. The Morgan fingerprint density at radius 3 is 2.75 bits per heavy atom. The number of aliphatic hydroxyl groups excluding tert-OH is 1. The van der Waals surface area contributed by atoms with Gasteiger partial charge in [0.1, 0.15) is 12.4 Å². The number of carbonyl (C=O) groups is 1. The summed E-state index contributed by atoms with van der Waals surface area (Å²) in [6, 6.07) is 3.91. The van der Waals surface area contributed by atoms with Crippen molar-refractivity contribution in [2.24, 2.45) is 0 Å². The molecule has 0 spiro atoms. The molecule has 0 aliphatic rings. The van der Waals surface area contributed by atoms with Crippen LogP contribution in [-0.4, -0.2) is 17.5 Å². The Kier molecular flexibility index (Phi) is 2.78. The molecule has 0 bridgehead atoms. The van der Waals surface area contributed by atoms with Crippen LogP contribution in [0.2, 0.25) is 5.02 Å². The third kappa shape index (κ3) is 1.62. The van der Waals surface area contributed by atoms with Crippen molar-refractivity contribution >= 4 is 17.4 Å². The van der Waals surface area contributed by atoms with Crippen LogP contribution in [0.4, 0.5) is 4.39 Å². The molecule has 0 atom stereocenters. The highest BCUT2D eigenvalue weighted by molar-refractivity contribution is 6.34. The Hall–Kier alpha value is -0.930. The van der Waals surface area contributed by atoms with Gasteiger partial charge in [0.15, 0.2) is 5.78 Å². The van der Waals surface area contributed by atoms with E-state index < -0.39 is 18.2 Å². The van der Waals surface area contributed by atoms with E-state index in [4.69, 9.17) is 16.7 Å². The lowest BCUT2D eigenvalue weighted by Crippen LogP contribution is -2.07. The third-order valence-electron chi connectivity index (χ3n) is 1.39. The van der Waals surface area contributed by atoms with Crippen molar-refractivity contribution in [3.05, 3.63) is 34.6 Å². The van der Waals surface area contributed by atoms with E-state index >= 15 is 0 Å². The van der Waals surface area contributed by atoms with Gasteiger partial charge in [-0.15, -0.1) is 0 Å². The fraction of sp³-hybridized carbons (Fsp3) is 0.125. The van der Waals surface area contributed by atoms with Crippen molar-refractivity contribution in [2.45, 2.75) is 0 Å². The molecule has 2 nitrogen and oxygen atoms in total. The van der Waals surface area contributed by atoms with Crippen LogP contribution in [0.1, 0.15) is 10.4 Å². The number of rotatable bonds is 2. The Morgan fingerprint density at radius 2 is 2.25 bits per heavy atom. The van der Waals surface area contributed by atoms with E-state index in [0.717, 1.165) is 6.07 Å². The lowest BCUT2D eigenvalue weighted by Gasteiger charge is -2.01. The van der Waals surface area contributed by atoms with Crippen LogP contribution in [0, 0.1) is 5.82 Å². The van der Waals surface area contributed by atoms with Crippen LogP contribution < -0.4 is 0 Å². The second-order valence-corrected chi connectivity index (χ2v) is 2.59. The highest BCUT2D eigenvalue weighted by Crippen LogP contribution is 2.18. The van der Waals surface area contributed by atoms with E-state index in [1.54, 1.807) is 0 Å². The maximum atomic E-state index is 12.9. The minimum Gasteiger partial charge on any atom is -0.388 e. The number of halogens is 2. The van der Waals surface area contributed by atoms with E-state index in [2.05, 4.69) is 0 Å². The topological polar surface area (TPSA) is 37.3 Å². The molecule has 1 N–H and O–H groups in total. The lowest BCUT2D eigenvalue weighted by molar-refractivity contribution is 0.0900. The maximum absolute atomic E-state index is 12.9. The van der Waals surface area contributed by atoms with Crippen LogP contribution in [-0.2, 0) is 0 Å². The van der Waals surface area contributed by atoms with E-state index in [0.29, 0.717) is 0 Å². The first kappa shape index (κ1) is 9.16. The summed E-state index contributed by atoms with van der Waals surface area (Å²) in [6.07, 6.45) is 0. The monoisotopic (exact) mass is 188 g/mol. The first-order valence-electron chi connectivity index (χ1n) is 3.25. The van der Waals surface area contributed by atoms with Gasteiger partial charge in [-0.1, -0.05) is 17.7 Å². The molecule has 0 fully saturated rings. The molecular weight excluding hydrogens is 183 g/mol. The molecule has 0 heterocycles. The van der Waals surface area contributed by atoms with Gasteiger partial charge in [-0.2, -0.15) is 0 Å². The van der Waals surface area contributed by atoms with Crippen LogP contribution in [0.3, 0.4) is 0 Å². The molecule has 0 saturated heterocycles. The standard InChI is InChI=1S/C8H6ClFO2/c9-5-2-1-3-6(10)8(5)7(12)4-11/h1-3,11H,4H2. The minimum absolute atomic E-state index is 0.0223. The molecule has 64 valence electrons. The fourth-order valence-corrected chi connectivity index (χ4v) is 1.11. The summed E-state index contributed by atoms with van der Waals surface area (Å²) in [5.41, 5.74) is -0.248. The first-order chi connectivity index (χ1) is 5.66. The lowest BCUT2D eigenvalue weighted by atomic mass is 10.1. The molecule has 4 heteroatoms. The number of benzene rings is 1. The van der Waals surface area contributed by atoms with Gasteiger partial charge in [-0.25, -0.2) is 4.39 Å². The van der Waals surface area contributed by atoms with Gasteiger partial charge in [-0.3, -0.25) is 4.79 Å².